The zero-order valence-electron chi connectivity index (χ0n) is 15.9. The van der Waals surface area contributed by atoms with Gasteiger partial charge < -0.3 is 19.9 Å². The number of carbonyl (C=O) groups excluding carboxylic acids is 1. The number of fused-ring (bicyclic) bond motifs is 1. The molecule has 1 aliphatic rings. The number of H-pyrrole nitrogens is 1. The fraction of sp³-hybridized carbons (Fsp3) is 0.500. The summed E-state index contributed by atoms with van der Waals surface area (Å²) in [5.41, 5.74) is 2.31. The third-order valence-corrected chi connectivity index (χ3v) is 5.27. The van der Waals surface area contributed by atoms with E-state index < -0.39 is 0 Å². The van der Waals surface area contributed by atoms with Gasteiger partial charge in [0.2, 0.25) is 0 Å². The first-order chi connectivity index (χ1) is 13.1. The molecule has 0 saturated carbocycles. The van der Waals surface area contributed by atoms with Gasteiger partial charge in [0.25, 0.3) is 0 Å². The van der Waals surface area contributed by atoms with E-state index in [0.717, 1.165) is 60.8 Å². The Morgan fingerprint density at radius 3 is 2.89 bits per heavy atom. The summed E-state index contributed by atoms with van der Waals surface area (Å²) >= 11 is 6.13. The number of hydrogen-bond donors (Lipinski definition) is 2. The molecule has 0 bridgehead atoms. The molecule has 1 saturated heterocycles. The highest BCUT2D eigenvalue weighted by molar-refractivity contribution is 6.31. The summed E-state index contributed by atoms with van der Waals surface area (Å²) in [5, 5.41) is 5.27. The molecule has 6 nitrogen and oxygen atoms in total. The van der Waals surface area contributed by atoms with Crippen LogP contribution >= 0.6 is 11.6 Å². The van der Waals surface area contributed by atoms with Gasteiger partial charge in [-0.25, -0.2) is 0 Å². The van der Waals surface area contributed by atoms with Gasteiger partial charge >= 0.3 is 5.97 Å². The van der Waals surface area contributed by atoms with Crippen LogP contribution in [0.3, 0.4) is 0 Å². The minimum atomic E-state index is -0.102. The summed E-state index contributed by atoms with van der Waals surface area (Å²) in [4.78, 5) is 22.0. The van der Waals surface area contributed by atoms with Crippen molar-refractivity contribution in [1.29, 1.82) is 0 Å². The number of nitrogens with zero attached hydrogens (tertiary/aromatic N) is 2. The zero-order chi connectivity index (χ0) is 19.2. The Kier molecular flexibility index (Phi) is 6.61. The van der Waals surface area contributed by atoms with Crippen LogP contribution in [-0.2, 0) is 16.0 Å². The SMILES string of the molecule is CCNC(=NCCc1c[nH]c2ccc(Cl)cc12)N1CCC(C(=O)OC)CC1. The number of nitrogens with one attached hydrogen (secondary N) is 2. The number of halogens is 1. The molecule has 0 radical (unpaired) electrons. The summed E-state index contributed by atoms with van der Waals surface area (Å²) in [6, 6.07) is 5.89. The number of likely N-dealkylation sites (tertiary alicyclic amines) is 1. The predicted molar refractivity (Wildman–Crippen MR) is 109 cm³/mol. The highest BCUT2D eigenvalue weighted by atomic mass is 35.5. The third kappa shape index (κ3) is 4.75. The number of methoxy groups -OCH3 is 1. The fourth-order valence-corrected chi connectivity index (χ4v) is 3.73. The molecule has 0 spiro atoms. The molecule has 1 fully saturated rings. The standard InChI is InChI=1S/C20H27ClN4O2/c1-3-22-20(25-10-7-14(8-11-25)19(26)27-2)23-9-6-15-13-24-18-5-4-16(21)12-17(15)18/h4-5,12-14,24H,3,6-11H2,1-2H3,(H,22,23). The smallest absolute Gasteiger partial charge is 0.308 e. The number of carbonyl (C=O) groups is 1. The van der Waals surface area contributed by atoms with Gasteiger partial charge in [-0.3, -0.25) is 9.79 Å². The van der Waals surface area contributed by atoms with Crippen molar-refractivity contribution in [3.8, 4) is 0 Å². The molecule has 7 heteroatoms. The molecule has 1 aromatic heterocycles. The van der Waals surface area contributed by atoms with Gasteiger partial charge in [-0.15, -0.1) is 0 Å². The third-order valence-electron chi connectivity index (χ3n) is 5.04. The molecule has 27 heavy (non-hydrogen) atoms. The molecule has 0 unspecified atom stereocenters. The van der Waals surface area contributed by atoms with Crippen LogP contribution in [0.2, 0.25) is 5.02 Å². The average Bonchev–Trinajstić information content (AvgIpc) is 3.09. The number of hydrogen-bond acceptors (Lipinski definition) is 3. The number of guanidine groups is 1. The first-order valence-corrected chi connectivity index (χ1v) is 9.86. The maximum atomic E-state index is 11.7. The quantitative estimate of drug-likeness (QED) is 0.467. The number of benzene rings is 1. The number of aliphatic imine (C=N–C) groups is 1. The number of esters is 1. The molecule has 0 amide bonds. The largest absolute Gasteiger partial charge is 0.469 e. The van der Waals surface area contributed by atoms with Crippen LogP contribution in [0.5, 0.6) is 0 Å². The first-order valence-electron chi connectivity index (χ1n) is 9.49. The number of aromatic amines is 1. The monoisotopic (exact) mass is 390 g/mol. The number of ether oxygens (including phenoxy) is 1. The molecule has 146 valence electrons. The second-order valence-electron chi connectivity index (χ2n) is 6.77. The molecule has 0 aliphatic carbocycles. The molecule has 2 N–H and O–H groups in total. The molecular formula is C20H27ClN4O2. The van der Waals surface area contributed by atoms with E-state index in [4.69, 9.17) is 21.3 Å². The van der Waals surface area contributed by atoms with E-state index >= 15 is 0 Å². The van der Waals surface area contributed by atoms with E-state index in [-0.39, 0.29) is 11.9 Å². The summed E-state index contributed by atoms with van der Waals surface area (Å²) in [7, 11) is 1.46. The van der Waals surface area contributed by atoms with Crippen LogP contribution in [0, 0.1) is 5.92 Å². The second-order valence-corrected chi connectivity index (χ2v) is 7.21. The van der Waals surface area contributed by atoms with Crippen LogP contribution in [0.1, 0.15) is 25.3 Å². The topological polar surface area (TPSA) is 69.7 Å². The number of rotatable bonds is 5. The van der Waals surface area contributed by atoms with E-state index in [1.54, 1.807) is 0 Å². The van der Waals surface area contributed by atoms with Crippen molar-refractivity contribution in [1.82, 2.24) is 15.2 Å². The van der Waals surface area contributed by atoms with Crippen molar-refractivity contribution in [2.45, 2.75) is 26.2 Å². The Morgan fingerprint density at radius 1 is 1.41 bits per heavy atom. The lowest BCUT2D eigenvalue weighted by Crippen LogP contribution is -2.46. The second kappa shape index (κ2) is 9.13. The fourth-order valence-electron chi connectivity index (χ4n) is 3.56. The van der Waals surface area contributed by atoms with Gasteiger partial charge in [-0.1, -0.05) is 11.6 Å². The summed E-state index contributed by atoms with van der Waals surface area (Å²) < 4.78 is 4.87. The number of piperidine rings is 1. The Bertz CT molecular complexity index is 809. The Morgan fingerprint density at radius 2 is 2.19 bits per heavy atom. The van der Waals surface area contributed by atoms with E-state index in [2.05, 4.69) is 22.1 Å². The minimum Gasteiger partial charge on any atom is -0.469 e. The molecule has 0 atom stereocenters. The maximum Gasteiger partial charge on any atom is 0.308 e. The lowest BCUT2D eigenvalue weighted by atomic mass is 9.97. The Labute approximate surface area is 164 Å². The van der Waals surface area contributed by atoms with E-state index in [1.807, 2.05) is 24.4 Å². The Hall–Kier alpha value is -2.21. The normalized spacial score (nSPS) is 16.0. The van der Waals surface area contributed by atoms with E-state index in [0.29, 0.717) is 6.54 Å². The van der Waals surface area contributed by atoms with Crippen molar-refractivity contribution in [2.75, 3.05) is 33.3 Å². The van der Waals surface area contributed by atoms with E-state index in [9.17, 15) is 4.79 Å². The van der Waals surface area contributed by atoms with Gasteiger partial charge in [0.05, 0.1) is 13.0 Å². The Balaban J connectivity index is 1.62. The van der Waals surface area contributed by atoms with Gasteiger partial charge in [0.15, 0.2) is 5.96 Å². The predicted octanol–water partition coefficient (Wildman–Crippen LogP) is 3.21. The number of aromatic nitrogens is 1. The summed E-state index contributed by atoms with van der Waals surface area (Å²) in [5.74, 6) is 0.818. The zero-order valence-corrected chi connectivity index (χ0v) is 16.7. The molecule has 1 aliphatic heterocycles. The lowest BCUT2D eigenvalue weighted by molar-refractivity contribution is -0.146. The lowest BCUT2D eigenvalue weighted by Gasteiger charge is -2.33. The average molecular weight is 391 g/mol. The van der Waals surface area contributed by atoms with Gasteiger partial charge in [-0.2, -0.15) is 0 Å². The maximum absolute atomic E-state index is 11.7. The van der Waals surface area contributed by atoms with Crippen molar-refractivity contribution in [3.05, 3.63) is 35.0 Å². The molecule has 2 heterocycles. The van der Waals surface area contributed by atoms with Crippen LogP contribution in [0.15, 0.2) is 29.4 Å². The van der Waals surface area contributed by atoms with Crippen LogP contribution < -0.4 is 5.32 Å². The van der Waals surface area contributed by atoms with Crippen molar-refractivity contribution >= 4 is 34.4 Å². The molecule has 3 rings (SSSR count). The van der Waals surface area contributed by atoms with Crippen molar-refractivity contribution in [3.63, 3.8) is 0 Å². The molecule has 2 aromatic rings. The van der Waals surface area contributed by atoms with Crippen molar-refractivity contribution < 1.29 is 9.53 Å². The minimum absolute atomic E-state index is 0.00472. The van der Waals surface area contributed by atoms with Gasteiger partial charge in [0, 0.05) is 48.3 Å². The van der Waals surface area contributed by atoms with E-state index in [1.165, 1.54) is 12.7 Å². The van der Waals surface area contributed by atoms with Crippen LogP contribution in [-0.4, -0.2) is 55.1 Å². The first kappa shape index (κ1) is 19.5. The van der Waals surface area contributed by atoms with Crippen molar-refractivity contribution in [2.24, 2.45) is 10.9 Å². The van der Waals surface area contributed by atoms with Gasteiger partial charge in [-0.05, 0) is 49.9 Å². The molecular weight excluding hydrogens is 364 g/mol. The highest BCUT2D eigenvalue weighted by Crippen LogP contribution is 2.23. The van der Waals surface area contributed by atoms with Crippen LogP contribution in [0.4, 0.5) is 0 Å². The van der Waals surface area contributed by atoms with Gasteiger partial charge in [0.1, 0.15) is 0 Å². The molecule has 1 aromatic carbocycles. The van der Waals surface area contributed by atoms with Crippen LogP contribution in [0.25, 0.3) is 10.9 Å². The summed E-state index contributed by atoms with van der Waals surface area (Å²) in [6.07, 6.45) is 4.48. The summed E-state index contributed by atoms with van der Waals surface area (Å²) in [6.45, 7) is 5.21. The highest BCUT2D eigenvalue weighted by Gasteiger charge is 2.26.